The van der Waals surface area contributed by atoms with Crippen LogP contribution in [-0.2, 0) is 5.60 Å². The molecule has 5 heteroatoms. The maximum atomic E-state index is 9.83. The molecule has 5 nitrogen and oxygen atoms in total. The van der Waals surface area contributed by atoms with Crippen LogP contribution in [0, 0.1) is 0 Å². The molecule has 1 heterocycles. The molecule has 0 saturated carbocycles. The number of rotatable bonds is 4. The average molecular weight is 247 g/mol. The molecule has 0 atom stereocenters. The first kappa shape index (κ1) is 12.6. The fourth-order valence-electron chi connectivity index (χ4n) is 1.53. The van der Waals surface area contributed by atoms with Gasteiger partial charge in [-0.25, -0.2) is 4.68 Å². The quantitative estimate of drug-likeness (QED) is 0.896. The van der Waals surface area contributed by atoms with Gasteiger partial charge >= 0.3 is 0 Å². The molecule has 1 N–H and O–H groups in total. The monoisotopic (exact) mass is 247 g/mol. The van der Waals surface area contributed by atoms with Crippen molar-refractivity contribution in [3.05, 3.63) is 36.2 Å². The summed E-state index contributed by atoms with van der Waals surface area (Å²) >= 11 is 0. The van der Waals surface area contributed by atoms with Crippen LogP contribution in [-0.4, -0.2) is 26.7 Å². The number of aliphatic hydroxyl groups is 1. The highest BCUT2D eigenvalue weighted by Crippen LogP contribution is 2.19. The van der Waals surface area contributed by atoms with E-state index in [9.17, 15) is 5.11 Å². The topological polar surface area (TPSA) is 60.2 Å². The van der Waals surface area contributed by atoms with Crippen molar-refractivity contribution in [2.24, 2.45) is 0 Å². The summed E-state index contributed by atoms with van der Waals surface area (Å²) in [6, 6.07) is 7.55. The zero-order valence-corrected chi connectivity index (χ0v) is 10.8. The zero-order valence-electron chi connectivity index (χ0n) is 10.8. The smallest absolute Gasteiger partial charge is 0.119 e. The van der Waals surface area contributed by atoms with E-state index in [1.807, 2.05) is 31.2 Å². The van der Waals surface area contributed by atoms with Crippen LogP contribution in [0.4, 0.5) is 0 Å². The molecular weight excluding hydrogens is 230 g/mol. The Morgan fingerprint density at radius 3 is 2.44 bits per heavy atom. The summed E-state index contributed by atoms with van der Waals surface area (Å²) in [7, 11) is 0. The largest absolute Gasteiger partial charge is 0.494 e. The first-order valence-corrected chi connectivity index (χ1v) is 5.89. The summed E-state index contributed by atoms with van der Waals surface area (Å²) in [6.45, 7) is 5.95. The predicted molar refractivity (Wildman–Crippen MR) is 67.8 cm³/mol. The second kappa shape index (κ2) is 4.78. The number of aromatic nitrogens is 3. The minimum atomic E-state index is -0.983. The van der Waals surface area contributed by atoms with E-state index in [-0.39, 0.29) is 0 Å². The lowest BCUT2D eigenvalue weighted by molar-refractivity contribution is 0.0737. The highest BCUT2D eigenvalue weighted by molar-refractivity contribution is 5.36. The Kier molecular flexibility index (Phi) is 3.34. The van der Waals surface area contributed by atoms with Crippen molar-refractivity contribution >= 4 is 0 Å². The molecule has 0 spiro atoms. The van der Waals surface area contributed by atoms with E-state index in [1.165, 1.54) is 0 Å². The van der Waals surface area contributed by atoms with Crippen LogP contribution in [0.1, 0.15) is 26.5 Å². The van der Waals surface area contributed by atoms with Gasteiger partial charge in [-0.1, -0.05) is 5.21 Å². The third-order valence-electron chi connectivity index (χ3n) is 2.53. The molecule has 96 valence electrons. The SMILES string of the molecule is CCOc1ccc(-n2cc(C(C)(C)O)nn2)cc1. The molecular formula is C13H17N3O2. The number of ether oxygens (including phenoxy) is 1. The minimum Gasteiger partial charge on any atom is -0.494 e. The zero-order chi connectivity index (χ0) is 13.2. The summed E-state index contributed by atoms with van der Waals surface area (Å²) in [4.78, 5) is 0. The van der Waals surface area contributed by atoms with E-state index in [1.54, 1.807) is 24.7 Å². The van der Waals surface area contributed by atoms with Crippen LogP contribution in [0.5, 0.6) is 5.75 Å². The van der Waals surface area contributed by atoms with Gasteiger partial charge < -0.3 is 9.84 Å². The van der Waals surface area contributed by atoms with Gasteiger partial charge in [0.1, 0.15) is 17.0 Å². The first-order valence-electron chi connectivity index (χ1n) is 5.89. The maximum Gasteiger partial charge on any atom is 0.119 e. The summed E-state index contributed by atoms with van der Waals surface area (Å²) in [5.74, 6) is 0.823. The van der Waals surface area contributed by atoms with Crippen LogP contribution in [0.25, 0.3) is 5.69 Å². The van der Waals surface area contributed by atoms with Crippen molar-refractivity contribution in [1.29, 1.82) is 0 Å². The Morgan fingerprint density at radius 1 is 1.28 bits per heavy atom. The molecule has 0 aliphatic carbocycles. The van der Waals surface area contributed by atoms with Gasteiger partial charge in [-0.3, -0.25) is 0 Å². The van der Waals surface area contributed by atoms with Crippen molar-refractivity contribution in [3.8, 4) is 11.4 Å². The fraction of sp³-hybridized carbons (Fsp3) is 0.385. The van der Waals surface area contributed by atoms with Crippen LogP contribution in [0.3, 0.4) is 0 Å². The molecule has 0 aliphatic heterocycles. The molecule has 0 aliphatic rings. The third-order valence-corrected chi connectivity index (χ3v) is 2.53. The molecule has 2 rings (SSSR count). The first-order chi connectivity index (χ1) is 8.50. The maximum absolute atomic E-state index is 9.83. The fourth-order valence-corrected chi connectivity index (χ4v) is 1.53. The van der Waals surface area contributed by atoms with E-state index in [2.05, 4.69) is 10.3 Å². The summed E-state index contributed by atoms with van der Waals surface area (Å²) in [5, 5.41) is 17.8. The van der Waals surface area contributed by atoms with Crippen molar-refractivity contribution in [3.63, 3.8) is 0 Å². The van der Waals surface area contributed by atoms with Crippen LogP contribution in [0.15, 0.2) is 30.5 Å². The molecule has 18 heavy (non-hydrogen) atoms. The van der Waals surface area contributed by atoms with Gasteiger partial charge in [-0.05, 0) is 45.0 Å². The van der Waals surface area contributed by atoms with E-state index in [4.69, 9.17) is 4.74 Å². The lowest BCUT2D eigenvalue weighted by Gasteiger charge is -2.11. The molecule has 0 bridgehead atoms. The molecule has 1 aromatic carbocycles. The molecule has 1 aromatic heterocycles. The number of hydrogen-bond donors (Lipinski definition) is 1. The van der Waals surface area contributed by atoms with Crippen molar-refractivity contribution in [2.75, 3.05) is 6.61 Å². The lowest BCUT2D eigenvalue weighted by atomic mass is 10.1. The van der Waals surface area contributed by atoms with Gasteiger partial charge in [0.25, 0.3) is 0 Å². The molecule has 0 fully saturated rings. The Hall–Kier alpha value is -1.88. The Morgan fingerprint density at radius 2 is 1.94 bits per heavy atom. The van der Waals surface area contributed by atoms with Crippen LogP contribution < -0.4 is 4.74 Å². The average Bonchev–Trinajstić information content (AvgIpc) is 2.79. The van der Waals surface area contributed by atoms with E-state index >= 15 is 0 Å². The minimum absolute atomic E-state index is 0.538. The number of benzene rings is 1. The normalized spacial score (nSPS) is 11.6. The Bertz CT molecular complexity index is 512. The predicted octanol–water partition coefficient (Wildman–Crippen LogP) is 1.89. The molecule has 0 amide bonds. The lowest BCUT2D eigenvalue weighted by Crippen LogP contribution is -2.15. The molecule has 2 aromatic rings. The molecule has 0 saturated heterocycles. The van der Waals surface area contributed by atoms with E-state index in [0.29, 0.717) is 12.3 Å². The van der Waals surface area contributed by atoms with Gasteiger partial charge in [0.2, 0.25) is 0 Å². The molecule has 0 unspecified atom stereocenters. The van der Waals surface area contributed by atoms with Gasteiger partial charge in [-0.15, -0.1) is 5.10 Å². The second-order valence-corrected chi connectivity index (χ2v) is 4.53. The van der Waals surface area contributed by atoms with Gasteiger partial charge in [-0.2, -0.15) is 0 Å². The van der Waals surface area contributed by atoms with Crippen molar-refractivity contribution in [2.45, 2.75) is 26.4 Å². The number of nitrogens with zero attached hydrogens (tertiary/aromatic N) is 3. The Labute approximate surface area is 106 Å². The van der Waals surface area contributed by atoms with Crippen molar-refractivity contribution < 1.29 is 9.84 Å². The van der Waals surface area contributed by atoms with Crippen molar-refractivity contribution in [1.82, 2.24) is 15.0 Å². The van der Waals surface area contributed by atoms with E-state index in [0.717, 1.165) is 11.4 Å². The summed E-state index contributed by atoms with van der Waals surface area (Å²) in [6.07, 6.45) is 1.72. The van der Waals surface area contributed by atoms with E-state index < -0.39 is 5.60 Å². The van der Waals surface area contributed by atoms with Crippen LogP contribution >= 0.6 is 0 Å². The Balaban J connectivity index is 2.23. The van der Waals surface area contributed by atoms with Gasteiger partial charge in [0.15, 0.2) is 0 Å². The highest BCUT2D eigenvalue weighted by Gasteiger charge is 2.20. The van der Waals surface area contributed by atoms with Gasteiger partial charge in [0, 0.05) is 0 Å². The number of hydrogen-bond acceptors (Lipinski definition) is 4. The third kappa shape index (κ3) is 2.68. The molecule has 0 radical (unpaired) electrons. The summed E-state index contributed by atoms with van der Waals surface area (Å²) < 4.78 is 7.00. The summed E-state index contributed by atoms with van der Waals surface area (Å²) in [5.41, 5.74) is 0.432. The standard InChI is InChI=1S/C13H17N3O2/c1-4-18-11-7-5-10(6-8-11)16-9-12(14-15-16)13(2,3)17/h5-9,17H,4H2,1-3H3. The highest BCUT2D eigenvalue weighted by atomic mass is 16.5. The van der Waals surface area contributed by atoms with Crippen LogP contribution in [0.2, 0.25) is 0 Å². The van der Waals surface area contributed by atoms with Gasteiger partial charge in [0.05, 0.1) is 18.5 Å². The second-order valence-electron chi connectivity index (χ2n) is 4.53.